The SMILES string of the molecule is O=C(Cc1ccc([N+](=O)[O-])cc1)N1CCSC(c2ccccc2Cl)CC1. The zero-order chi connectivity index (χ0) is 18.5. The van der Waals surface area contributed by atoms with Gasteiger partial charge in [-0.05, 0) is 23.6 Å². The first-order valence-corrected chi connectivity index (χ1v) is 9.84. The third-order valence-corrected chi connectivity index (χ3v) is 6.10. The molecule has 0 aliphatic carbocycles. The largest absolute Gasteiger partial charge is 0.342 e. The zero-order valence-corrected chi connectivity index (χ0v) is 15.7. The van der Waals surface area contributed by atoms with Gasteiger partial charge in [0.25, 0.3) is 5.69 Å². The number of non-ortho nitro benzene ring substituents is 1. The van der Waals surface area contributed by atoms with Crippen molar-refractivity contribution in [1.82, 2.24) is 4.90 Å². The van der Waals surface area contributed by atoms with Gasteiger partial charge in [-0.3, -0.25) is 14.9 Å². The number of nitrogens with zero attached hydrogens (tertiary/aromatic N) is 2. The summed E-state index contributed by atoms with van der Waals surface area (Å²) in [5.74, 6) is 0.918. The van der Waals surface area contributed by atoms with Crippen molar-refractivity contribution >= 4 is 35.0 Å². The monoisotopic (exact) mass is 390 g/mol. The average Bonchev–Trinajstić information content (AvgIpc) is 2.89. The zero-order valence-electron chi connectivity index (χ0n) is 14.1. The van der Waals surface area contributed by atoms with Crippen LogP contribution in [0, 0.1) is 10.1 Å². The lowest BCUT2D eigenvalue weighted by Gasteiger charge is -2.20. The summed E-state index contributed by atoms with van der Waals surface area (Å²) in [6.45, 7) is 1.39. The first-order valence-electron chi connectivity index (χ1n) is 8.42. The fourth-order valence-electron chi connectivity index (χ4n) is 3.03. The summed E-state index contributed by atoms with van der Waals surface area (Å²) in [4.78, 5) is 24.8. The maximum absolute atomic E-state index is 12.6. The molecule has 1 fully saturated rings. The Morgan fingerprint density at radius 1 is 1.19 bits per heavy atom. The molecule has 136 valence electrons. The number of benzene rings is 2. The van der Waals surface area contributed by atoms with Crippen LogP contribution in [0.1, 0.15) is 22.8 Å². The standard InChI is InChI=1S/C19H19ClN2O3S/c20-17-4-2-1-3-16(17)18-9-10-21(11-12-26-18)19(23)13-14-5-7-15(8-6-14)22(24)25/h1-8,18H,9-13H2. The molecule has 7 heteroatoms. The fraction of sp³-hybridized carbons (Fsp3) is 0.316. The van der Waals surface area contributed by atoms with E-state index >= 15 is 0 Å². The highest BCUT2D eigenvalue weighted by Gasteiger charge is 2.23. The normalized spacial score (nSPS) is 17.6. The number of thioether (sulfide) groups is 1. The lowest BCUT2D eigenvalue weighted by Crippen LogP contribution is -2.34. The highest BCUT2D eigenvalue weighted by atomic mass is 35.5. The van der Waals surface area contributed by atoms with E-state index in [-0.39, 0.29) is 18.0 Å². The highest BCUT2D eigenvalue weighted by Crippen LogP contribution is 2.37. The number of hydrogen-bond acceptors (Lipinski definition) is 4. The molecule has 1 aliphatic rings. The van der Waals surface area contributed by atoms with Gasteiger partial charge in [0.2, 0.25) is 5.91 Å². The lowest BCUT2D eigenvalue weighted by molar-refractivity contribution is -0.384. The molecule has 1 aliphatic heterocycles. The van der Waals surface area contributed by atoms with Crippen LogP contribution >= 0.6 is 23.4 Å². The quantitative estimate of drug-likeness (QED) is 0.569. The van der Waals surface area contributed by atoms with Crippen molar-refractivity contribution in [2.45, 2.75) is 18.1 Å². The highest BCUT2D eigenvalue weighted by molar-refractivity contribution is 7.99. The molecule has 1 unspecified atom stereocenters. The smallest absolute Gasteiger partial charge is 0.269 e. The molecule has 0 aromatic heterocycles. The van der Waals surface area contributed by atoms with Crippen LogP contribution in [0.15, 0.2) is 48.5 Å². The number of carbonyl (C=O) groups excluding carboxylic acids is 1. The minimum Gasteiger partial charge on any atom is -0.342 e. The molecule has 3 rings (SSSR count). The molecule has 1 amide bonds. The van der Waals surface area contributed by atoms with E-state index in [0.717, 1.165) is 28.3 Å². The molecule has 2 aromatic carbocycles. The van der Waals surface area contributed by atoms with Gasteiger partial charge in [0.1, 0.15) is 0 Å². The Balaban J connectivity index is 1.60. The number of halogens is 1. The molecule has 5 nitrogen and oxygen atoms in total. The van der Waals surface area contributed by atoms with Gasteiger partial charge in [0, 0.05) is 41.2 Å². The maximum Gasteiger partial charge on any atom is 0.269 e. The maximum atomic E-state index is 12.6. The van der Waals surface area contributed by atoms with Crippen molar-refractivity contribution in [2.24, 2.45) is 0 Å². The van der Waals surface area contributed by atoms with Crippen LogP contribution in [0.2, 0.25) is 5.02 Å². The van der Waals surface area contributed by atoms with E-state index < -0.39 is 4.92 Å². The van der Waals surface area contributed by atoms with Gasteiger partial charge in [0.05, 0.1) is 11.3 Å². The summed E-state index contributed by atoms with van der Waals surface area (Å²) in [7, 11) is 0. The van der Waals surface area contributed by atoms with Gasteiger partial charge in [-0.2, -0.15) is 11.8 Å². The first kappa shape index (κ1) is 18.7. The van der Waals surface area contributed by atoms with Gasteiger partial charge in [-0.15, -0.1) is 0 Å². The predicted molar refractivity (Wildman–Crippen MR) is 105 cm³/mol. The van der Waals surface area contributed by atoms with Crippen molar-refractivity contribution < 1.29 is 9.72 Å². The summed E-state index contributed by atoms with van der Waals surface area (Å²) in [5, 5.41) is 11.8. The molecule has 2 aromatic rings. The van der Waals surface area contributed by atoms with Crippen molar-refractivity contribution in [1.29, 1.82) is 0 Å². The Hall–Kier alpha value is -2.05. The summed E-state index contributed by atoms with van der Waals surface area (Å²) in [6.07, 6.45) is 1.12. The van der Waals surface area contributed by atoms with Gasteiger partial charge >= 0.3 is 0 Å². The average molecular weight is 391 g/mol. The molecule has 0 spiro atoms. The van der Waals surface area contributed by atoms with Gasteiger partial charge in [-0.1, -0.05) is 41.9 Å². The number of nitro groups is 1. The van der Waals surface area contributed by atoms with Gasteiger partial charge in [-0.25, -0.2) is 0 Å². The minimum atomic E-state index is -0.438. The van der Waals surface area contributed by atoms with Crippen LogP contribution in [0.5, 0.6) is 0 Å². The molecule has 0 saturated carbocycles. The summed E-state index contributed by atoms with van der Waals surface area (Å²) in [5.41, 5.74) is 1.96. The van der Waals surface area contributed by atoms with Crippen molar-refractivity contribution in [3.05, 3.63) is 74.8 Å². The Kier molecular flexibility index (Phi) is 6.16. The second-order valence-electron chi connectivity index (χ2n) is 6.15. The number of carbonyl (C=O) groups is 1. The molecular weight excluding hydrogens is 372 g/mol. The molecule has 0 N–H and O–H groups in total. The fourth-order valence-corrected chi connectivity index (χ4v) is 4.63. The van der Waals surface area contributed by atoms with E-state index in [0.29, 0.717) is 18.3 Å². The predicted octanol–water partition coefficient (Wildman–Crippen LogP) is 4.50. The topological polar surface area (TPSA) is 63.4 Å². The number of rotatable bonds is 4. The van der Waals surface area contributed by atoms with E-state index in [1.807, 2.05) is 40.9 Å². The number of hydrogen-bond donors (Lipinski definition) is 0. The first-order chi connectivity index (χ1) is 12.5. The summed E-state index contributed by atoms with van der Waals surface area (Å²) in [6, 6.07) is 14.0. The third kappa shape index (κ3) is 4.56. The molecule has 0 radical (unpaired) electrons. The van der Waals surface area contributed by atoms with Gasteiger partial charge in [0.15, 0.2) is 0 Å². The van der Waals surface area contributed by atoms with E-state index in [1.54, 1.807) is 12.1 Å². The van der Waals surface area contributed by atoms with Crippen LogP contribution in [0.25, 0.3) is 0 Å². The number of nitro benzene ring substituents is 1. The molecule has 0 bridgehead atoms. The van der Waals surface area contributed by atoms with E-state index in [1.165, 1.54) is 12.1 Å². The summed E-state index contributed by atoms with van der Waals surface area (Å²) >= 11 is 8.14. The summed E-state index contributed by atoms with van der Waals surface area (Å²) < 4.78 is 0. The lowest BCUT2D eigenvalue weighted by atomic mass is 10.1. The van der Waals surface area contributed by atoms with Crippen LogP contribution in [-0.4, -0.2) is 34.6 Å². The molecule has 1 saturated heterocycles. The molecule has 1 heterocycles. The van der Waals surface area contributed by atoms with Crippen LogP contribution in [-0.2, 0) is 11.2 Å². The Morgan fingerprint density at radius 2 is 1.92 bits per heavy atom. The Labute approximate surface area is 161 Å². The number of amides is 1. The molecule has 1 atom stereocenters. The van der Waals surface area contributed by atoms with E-state index in [2.05, 4.69) is 0 Å². The van der Waals surface area contributed by atoms with Crippen LogP contribution in [0.4, 0.5) is 5.69 Å². The van der Waals surface area contributed by atoms with E-state index in [4.69, 9.17) is 11.6 Å². The van der Waals surface area contributed by atoms with Crippen molar-refractivity contribution in [3.8, 4) is 0 Å². The Bertz CT molecular complexity index is 798. The van der Waals surface area contributed by atoms with Crippen LogP contribution < -0.4 is 0 Å². The van der Waals surface area contributed by atoms with E-state index in [9.17, 15) is 14.9 Å². The molecule has 26 heavy (non-hydrogen) atoms. The third-order valence-electron chi connectivity index (χ3n) is 4.45. The molecular formula is C19H19ClN2O3S. The van der Waals surface area contributed by atoms with Crippen LogP contribution in [0.3, 0.4) is 0 Å². The van der Waals surface area contributed by atoms with Gasteiger partial charge < -0.3 is 4.90 Å². The second-order valence-corrected chi connectivity index (χ2v) is 7.87. The van der Waals surface area contributed by atoms with Crippen molar-refractivity contribution in [2.75, 3.05) is 18.8 Å². The van der Waals surface area contributed by atoms with Crippen molar-refractivity contribution in [3.63, 3.8) is 0 Å². The Morgan fingerprint density at radius 3 is 2.62 bits per heavy atom. The minimum absolute atomic E-state index is 0.0370. The second kappa shape index (κ2) is 8.56.